The lowest BCUT2D eigenvalue weighted by atomic mass is 10.2. The highest BCUT2D eigenvalue weighted by Crippen LogP contribution is 2.32. The molecule has 0 unspecified atom stereocenters. The van der Waals surface area contributed by atoms with Crippen molar-refractivity contribution in [1.82, 2.24) is 19.5 Å². The molecule has 0 amide bonds. The Bertz CT molecular complexity index is 859. The first-order chi connectivity index (χ1) is 12.3. The van der Waals surface area contributed by atoms with E-state index in [9.17, 15) is 10.2 Å². The van der Waals surface area contributed by atoms with Gasteiger partial charge in [0, 0.05) is 11.3 Å². The van der Waals surface area contributed by atoms with Crippen LogP contribution >= 0.6 is 11.9 Å². The summed E-state index contributed by atoms with van der Waals surface area (Å²) in [4.78, 5) is 13.9. The average Bonchev–Trinajstić information content (AvgIpc) is 3.24. The van der Waals surface area contributed by atoms with Crippen LogP contribution in [0.1, 0.15) is 12.6 Å². The summed E-state index contributed by atoms with van der Waals surface area (Å²) < 4.78 is 10.5. The van der Waals surface area contributed by atoms with Crippen molar-refractivity contribution >= 4 is 28.9 Å². The van der Waals surface area contributed by atoms with Crippen molar-refractivity contribution in [3.63, 3.8) is 0 Å². The first-order valence-corrected chi connectivity index (χ1v) is 8.67. The van der Waals surface area contributed by atoms with E-state index >= 15 is 0 Å². The largest absolute Gasteiger partial charge is 0.394 e. The molecule has 0 saturated carbocycles. The molecule has 3 atom stereocenters. The molecule has 3 aromatic rings. The molecule has 130 valence electrons. The lowest BCUT2D eigenvalue weighted by molar-refractivity contribution is -0.0486. The van der Waals surface area contributed by atoms with Gasteiger partial charge in [0.05, 0.1) is 19.0 Å². The van der Waals surface area contributed by atoms with Crippen molar-refractivity contribution in [1.29, 1.82) is 0 Å². The van der Waals surface area contributed by atoms with E-state index in [2.05, 4.69) is 19.7 Å². The van der Waals surface area contributed by atoms with Gasteiger partial charge < -0.3 is 19.7 Å². The van der Waals surface area contributed by atoms with Crippen LogP contribution in [0.2, 0.25) is 0 Å². The van der Waals surface area contributed by atoms with Crippen molar-refractivity contribution in [2.45, 2.75) is 29.8 Å². The van der Waals surface area contributed by atoms with Crippen LogP contribution in [0, 0.1) is 0 Å². The highest BCUT2D eigenvalue weighted by atomic mass is 32.2. The van der Waals surface area contributed by atoms with Gasteiger partial charge in [-0.15, -0.1) is 0 Å². The number of hydrogen-bond acceptors (Lipinski definition) is 8. The summed E-state index contributed by atoms with van der Waals surface area (Å²) in [5.41, 5.74) is 1.16. The van der Waals surface area contributed by atoms with Crippen molar-refractivity contribution < 1.29 is 14.9 Å². The van der Waals surface area contributed by atoms with Gasteiger partial charge in [-0.25, -0.2) is 15.0 Å². The number of hydrogen-bond donors (Lipinski definition) is 3. The van der Waals surface area contributed by atoms with Gasteiger partial charge in [-0.1, -0.05) is 18.2 Å². The van der Waals surface area contributed by atoms with Crippen molar-refractivity contribution in [2.75, 3.05) is 11.3 Å². The normalized spacial score (nSPS) is 23.2. The minimum Gasteiger partial charge on any atom is -0.394 e. The Kier molecular flexibility index (Phi) is 4.53. The summed E-state index contributed by atoms with van der Waals surface area (Å²) in [6, 6.07) is 9.87. The fourth-order valence-electron chi connectivity index (χ4n) is 2.81. The fourth-order valence-corrected chi connectivity index (χ4v) is 3.46. The van der Waals surface area contributed by atoms with E-state index in [0.29, 0.717) is 23.4 Å². The lowest BCUT2D eigenvalue weighted by Crippen LogP contribution is -2.19. The van der Waals surface area contributed by atoms with Crippen LogP contribution in [-0.2, 0) is 4.74 Å². The molecule has 0 spiro atoms. The Morgan fingerprint density at radius 2 is 2.08 bits per heavy atom. The summed E-state index contributed by atoms with van der Waals surface area (Å²) in [6.45, 7) is -0.129. The molecular weight excluding hydrogens is 342 g/mol. The summed E-state index contributed by atoms with van der Waals surface area (Å²) in [5, 5.41) is 19.4. The number of anilines is 1. The monoisotopic (exact) mass is 359 g/mol. The Labute approximate surface area is 148 Å². The zero-order chi connectivity index (χ0) is 17.2. The third kappa shape index (κ3) is 3.19. The molecule has 2 aromatic heterocycles. The molecule has 1 saturated heterocycles. The van der Waals surface area contributed by atoms with Crippen LogP contribution in [0.5, 0.6) is 0 Å². The van der Waals surface area contributed by atoms with E-state index in [0.717, 1.165) is 4.90 Å². The third-order valence-corrected chi connectivity index (χ3v) is 4.81. The zero-order valence-electron chi connectivity index (χ0n) is 13.2. The number of fused-ring (bicyclic) bond motifs is 1. The van der Waals surface area contributed by atoms with Gasteiger partial charge in [0.2, 0.25) is 0 Å². The minimum atomic E-state index is -0.723. The molecule has 25 heavy (non-hydrogen) atoms. The van der Waals surface area contributed by atoms with Gasteiger partial charge in [0.15, 0.2) is 23.2 Å². The first-order valence-electron chi connectivity index (χ1n) is 7.86. The van der Waals surface area contributed by atoms with Crippen LogP contribution < -0.4 is 4.72 Å². The van der Waals surface area contributed by atoms with Gasteiger partial charge in [0.1, 0.15) is 12.4 Å². The molecular formula is C16H17N5O3S. The molecule has 3 N–H and O–H groups in total. The number of benzene rings is 1. The van der Waals surface area contributed by atoms with Gasteiger partial charge in [-0.05, 0) is 24.1 Å². The number of imidazole rings is 1. The number of nitrogens with zero attached hydrogens (tertiary/aromatic N) is 4. The van der Waals surface area contributed by atoms with Crippen LogP contribution in [0.3, 0.4) is 0 Å². The Morgan fingerprint density at radius 1 is 1.24 bits per heavy atom. The smallest absolute Gasteiger partial charge is 0.167 e. The molecule has 3 heterocycles. The second-order valence-corrected chi connectivity index (χ2v) is 6.58. The van der Waals surface area contributed by atoms with Gasteiger partial charge in [0.25, 0.3) is 0 Å². The molecule has 1 aromatic carbocycles. The number of aliphatic hydroxyl groups excluding tert-OH is 2. The SMILES string of the molecule is OC[C@@H]1C[C@@H](O)[C@H](n2cnc3c(NSc4ccccc4)ncnc32)O1. The topological polar surface area (TPSA) is 105 Å². The lowest BCUT2D eigenvalue weighted by Gasteiger charge is -2.16. The summed E-state index contributed by atoms with van der Waals surface area (Å²) >= 11 is 1.43. The number of aromatic nitrogens is 4. The molecule has 9 heteroatoms. The van der Waals surface area contributed by atoms with Crippen LogP contribution in [0.4, 0.5) is 5.82 Å². The molecule has 1 fully saturated rings. The van der Waals surface area contributed by atoms with E-state index in [-0.39, 0.29) is 12.7 Å². The van der Waals surface area contributed by atoms with E-state index < -0.39 is 12.3 Å². The maximum atomic E-state index is 10.2. The predicted molar refractivity (Wildman–Crippen MR) is 92.9 cm³/mol. The number of rotatable bonds is 5. The average molecular weight is 359 g/mol. The standard InChI is InChI=1S/C16H17N5O3S/c22-7-10-6-12(23)16(24-10)21-9-19-13-14(17-8-18-15(13)21)20-25-11-4-2-1-3-5-11/h1-5,8-10,12,16,22-23H,6-7H2,(H,17,18,20)/t10-,12+,16+/m0/s1. The molecule has 0 radical (unpaired) electrons. The van der Waals surface area contributed by atoms with E-state index in [1.807, 2.05) is 30.3 Å². The van der Waals surface area contributed by atoms with Crippen LogP contribution in [0.25, 0.3) is 11.2 Å². The molecule has 0 bridgehead atoms. The predicted octanol–water partition coefficient (Wildman–Crippen LogP) is 1.59. The second kappa shape index (κ2) is 6.96. The van der Waals surface area contributed by atoms with Crippen LogP contribution in [-0.4, -0.2) is 48.5 Å². The summed E-state index contributed by atoms with van der Waals surface area (Å²) in [6.07, 6.45) is 1.67. The van der Waals surface area contributed by atoms with Gasteiger partial charge >= 0.3 is 0 Å². The zero-order valence-corrected chi connectivity index (χ0v) is 14.0. The maximum Gasteiger partial charge on any atom is 0.167 e. The van der Waals surface area contributed by atoms with Gasteiger partial charge in [-0.3, -0.25) is 4.57 Å². The Morgan fingerprint density at radius 3 is 2.84 bits per heavy atom. The van der Waals surface area contributed by atoms with Crippen molar-refractivity contribution in [2.24, 2.45) is 0 Å². The number of nitrogens with one attached hydrogen (secondary N) is 1. The highest BCUT2D eigenvalue weighted by molar-refractivity contribution is 8.00. The molecule has 0 aliphatic carbocycles. The Hall–Kier alpha value is -2.20. The minimum absolute atomic E-state index is 0.129. The highest BCUT2D eigenvalue weighted by Gasteiger charge is 2.35. The van der Waals surface area contributed by atoms with Gasteiger partial charge in [-0.2, -0.15) is 0 Å². The quantitative estimate of drug-likeness (QED) is 0.590. The molecule has 8 nitrogen and oxygen atoms in total. The van der Waals surface area contributed by atoms with E-state index in [1.54, 1.807) is 10.9 Å². The summed E-state index contributed by atoms with van der Waals surface area (Å²) in [7, 11) is 0. The number of ether oxygens (including phenoxy) is 1. The summed E-state index contributed by atoms with van der Waals surface area (Å²) in [5.74, 6) is 0.587. The van der Waals surface area contributed by atoms with E-state index in [4.69, 9.17) is 4.74 Å². The molecule has 1 aliphatic heterocycles. The second-order valence-electron chi connectivity index (χ2n) is 5.70. The van der Waals surface area contributed by atoms with Crippen molar-refractivity contribution in [3.05, 3.63) is 43.0 Å². The first kappa shape index (κ1) is 16.3. The van der Waals surface area contributed by atoms with Crippen LogP contribution in [0.15, 0.2) is 47.9 Å². The maximum absolute atomic E-state index is 10.2. The Balaban J connectivity index is 1.60. The molecule has 4 rings (SSSR count). The van der Waals surface area contributed by atoms with Crippen molar-refractivity contribution in [3.8, 4) is 0 Å². The van der Waals surface area contributed by atoms with E-state index in [1.165, 1.54) is 18.3 Å². The molecule has 1 aliphatic rings. The fraction of sp³-hybridized carbons (Fsp3) is 0.312. The number of aliphatic hydroxyl groups is 2. The third-order valence-electron chi connectivity index (χ3n) is 4.01.